The molecule has 5 heterocycles. The predicted molar refractivity (Wildman–Crippen MR) is 128 cm³/mol. The topological polar surface area (TPSA) is 93.9 Å². The van der Waals surface area contributed by atoms with E-state index >= 15 is 0 Å². The minimum absolute atomic E-state index is 0.00919. The van der Waals surface area contributed by atoms with Crippen LogP contribution in [0.1, 0.15) is 54.1 Å². The minimum Gasteiger partial charge on any atom is -0.394 e. The van der Waals surface area contributed by atoms with E-state index in [1.807, 2.05) is 22.2 Å². The molecule has 9 nitrogen and oxygen atoms in total. The van der Waals surface area contributed by atoms with Crippen molar-refractivity contribution >= 4 is 11.3 Å². The zero-order valence-corrected chi connectivity index (χ0v) is 21.1. The van der Waals surface area contributed by atoms with Crippen LogP contribution in [-0.4, -0.2) is 76.3 Å². The number of nitrogens with one attached hydrogen (secondary N) is 1. The van der Waals surface area contributed by atoms with Gasteiger partial charge in [0.05, 0.1) is 57.2 Å². The highest BCUT2D eigenvalue weighted by atomic mass is 32.1. The third-order valence-electron chi connectivity index (χ3n) is 7.43. The van der Waals surface area contributed by atoms with Crippen LogP contribution in [-0.2, 0) is 45.9 Å². The lowest BCUT2D eigenvalue weighted by molar-refractivity contribution is -0.112. The van der Waals surface area contributed by atoms with E-state index in [1.54, 1.807) is 0 Å². The monoisotopic (exact) mass is 491 g/mol. The van der Waals surface area contributed by atoms with Gasteiger partial charge in [-0.15, -0.1) is 16.4 Å². The van der Waals surface area contributed by atoms with Crippen molar-refractivity contribution in [1.82, 2.24) is 25.2 Å². The molecule has 0 amide bonds. The van der Waals surface area contributed by atoms with E-state index in [1.165, 1.54) is 15.3 Å². The van der Waals surface area contributed by atoms with Gasteiger partial charge >= 0.3 is 0 Å². The van der Waals surface area contributed by atoms with Crippen LogP contribution in [0.2, 0.25) is 0 Å². The summed E-state index contributed by atoms with van der Waals surface area (Å²) in [6.07, 6.45) is 6.93. The third kappa shape index (κ3) is 4.95. The van der Waals surface area contributed by atoms with Crippen molar-refractivity contribution in [3.63, 3.8) is 0 Å². The second-order valence-corrected chi connectivity index (χ2v) is 10.9. The number of thiophene rings is 1. The molecule has 2 N–H and O–H groups in total. The zero-order valence-electron chi connectivity index (χ0n) is 20.3. The highest BCUT2D eigenvalue weighted by molar-refractivity contribution is 7.12. The first-order chi connectivity index (χ1) is 16.5. The Balaban J connectivity index is 1.18. The van der Waals surface area contributed by atoms with Crippen molar-refractivity contribution in [2.24, 2.45) is 0 Å². The number of aryl methyl sites for hydroxylation is 1. The summed E-state index contributed by atoms with van der Waals surface area (Å²) in [6.45, 7) is 9.01. The molecule has 0 radical (unpaired) electrons. The Morgan fingerprint density at radius 2 is 2.26 bits per heavy atom. The molecule has 2 aromatic heterocycles. The Kier molecular flexibility index (Phi) is 7.36. The second-order valence-electron chi connectivity index (χ2n) is 9.72. The Labute approximate surface area is 205 Å². The van der Waals surface area contributed by atoms with E-state index in [9.17, 15) is 0 Å². The summed E-state index contributed by atoms with van der Waals surface area (Å²) in [4.78, 5) is 5.50. The number of hydrogen-bond acceptors (Lipinski definition) is 9. The molecular weight excluding hydrogens is 454 g/mol. The van der Waals surface area contributed by atoms with Crippen LogP contribution in [0.25, 0.3) is 0 Å². The average molecular weight is 492 g/mol. The van der Waals surface area contributed by atoms with Crippen LogP contribution >= 0.6 is 11.3 Å². The van der Waals surface area contributed by atoms with E-state index in [0.717, 1.165) is 57.5 Å². The van der Waals surface area contributed by atoms with Crippen LogP contribution in [0, 0.1) is 0 Å². The minimum atomic E-state index is -0.567. The van der Waals surface area contributed by atoms with Crippen molar-refractivity contribution in [3.8, 4) is 0 Å². The van der Waals surface area contributed by atoms with Gasteiger partial charge in [0.1, 0.15) is 5.72 Å². The lowest BCUT2D eigenvalue weighted by Crippen LogP contribution is -2.50. The Morgan fingerprint density at radius 3 is 3.03 bits per heavy atom. The SMILES string of the molecule is CCc1cc2c(s1)CCO[C@@]21CCN(Cc2cn(CNC3(OCCO)CCOC3)nn2)[C@@H](C)C1. The van der Waals surface area contributed by atoms with Crippen LogP contribution in [0.4, 0.5) is 0 Å². The summed E-state index contributed by atoms with van der Waals surface area (Å²) in [5, 5.41) is 21.2. The molecule has 1 spiro atoms. The Morgan fingerprint density at radius 1 is 1.35 bits per heavy atom. The van der Waals surface area contributed by atoms with Gasteiger partial charge in [-0.1, -0.05) is 12.1 Å². The first-order valence-corrected chi connectivity index (χ1v) is 13.3. The number of aliphatic hydroxyl groups is 1. The molecule has 2 aromatic rings. The largest absolute Gasteiger partial charge is 0.394 e. The van der Waals surface area contributed by atoms with Gasteiger partial charge in [0, 0.05) is 41.7 Å². The lowest BCUT2D eigenvalue weighted by atomic mass is 9.79. The van der Waals surface area contributed by atoms with E-state index in [0.29, 0.717) is 25.9 Å². The predicted octanol–water partition coefficient (Wildman–Crippen LogP) is 2.03. The number of piperidine rings is 1. The zero-order chi connectivity index (χ0) is 23.6. The smallest absolute Gasteiger partial charge is 0.146 e. The summed E-state index contributed by atoms with van der Waals surface area (Å²) < 4.78 is 19.6. The van der Waals surface area contributed by atoms with Gasteiger partial charge in [-0.25, -0.2) is 4.68 Å². The highest BCUT2D eigenvalue weighted by Gasteiger charge is 2.44. The number of rotatable bonds is 9. The molecule has 3 aliphatic rings. The number of hydrogen-bond donors (Lipinski definition) is 2. The van der Waals surface area contributed by atoms with E-state index in [2.05, 4.69) is 40.4 Å². The maximum Gasteiger partial charge on any atom is 0.146 e. The van der Waals surface area contributed by atoms with E-state index < -0.39 is 5.72 Å². The van der Waals surface area contributed by atoms with E-state index in [4.69, 9.17) is 19.3 Å². The summed E-state index contributed by atoms with van der Waals surface area (Å²) in [7, 11) is 0. The molecular formula is C24H37N5O4S. The van der Waals surface area contributed by atoms with Gasteiger partial charge in [-0.3, -0.25) is 10.2 Å². The molecule has 34 heavy (non-hydrogen) atoms. The number of likely N-dealkylation sites (tertiary alicyclic amines) is 1. The molecule has 0 saturated carbocycles. The number of aromatic nitrogens is 3. The average Bonchev–Trinajstić information content (AvgIpc) is 3.59. The second kappa shape index (κ2) is 10.3. The number of fused-ring (bicyclic) bond motifs is 2. The summed E-state index contributed by atoms with van der Waals surface area (Å²) in [6, 6.07) is 2.81. The molecule has 3 aliphatic heterocycles. The molecule has 2 saturated heterocycles. The Hall–Kier alpha value is -1.40. The van der Waals surface area contributed by atoms with Crippen molar-refractivity contribution in [1.29, 1.82) is 0 Å². The number of ether oxygens (including phenoxy) is 3. The molecule has 188 valence electrons. The van der Waals surface area contributed by atoms with Gasteiger partial charge in [-0.05, 0) is 37.8 Å². The maximum absolute atomic E-state index is 9.12. The Bertz CT molecular complexity index is 959. The first-order valence-electron chi connectivity index (χ1n) is 12.5. The quantitative estimate of drug-likeness (QED) is 0.515. The van der Waals surface area contributed by atoms with Crippen molar-refractivity contribution in [2.45, 2.75) is 76.5 Å². The third-order valence-corrected chi connectivity index (χ3v) is 8.77. The normalized spacial score (nSPS) is 29.7. The van der Waals surface area contributed by atoms with Crippen molar-refractivity contribution in [3.05, 3.63) is 33.3 Å². The van der Waals surface area contributed by atoms with Gasteiger partial charge < -0.3 is 19.3 Å². The molecule has 0 bridgehead atoms. The first kappa shape index (κ1) is 24.3. The van der Waals surface area contributed by atoms with E-state index in [-0.39, 0.29) is 18.8 Å². The van der Waals surface area contributed by atoms with Gasteiger partial charge in [0.25, 0.3) is 0 Å². The molecule has 3 atom stereocenters. The van der Waals surface area contributed by atoms with Crippen molar-refractivity contribution < 1.29 is 19.3 Å². The summed E-state index contributed by atoms with van der Waals surface area (Å²) in [5.41, 5.74) is 1.73. The molecule has 5 rings (SSSR count). The number of nitrogens with zero attached hydrogens (tertiary/aromatic N) is 4. The van der Waals surface area contributed by atoms with Crippen molar-refractivity contribution in [2.75, 3.05) is 39.6 Å². The fraction of sp³-hybridized carbons (Fsp3) is 0.750. The maximum atomic E-state index is 9.12. The van der Waals surface area contributed by atoms with Gasteiger partial charge in [0.15, 0.2) is 0 Å². The molecule has 2 fully saturated rings. The standard InChI is InChI=1S/C24H37N5O4S/c1-3-20-12-21-22(34-20)4-9-32-23(21)5-7-28(18(2)13-23)14-19-15-29(27-26-19)17-25-24(33-11-8-30)6-10-31-16-24/h12,15,18,25,30H,3-11,13-14,16-17H2,1-2H3/t18-,23+,24?/m0/s1. The van der Waals surface area contributed by atoms with Crippen LogP contribution < -0.4 is 5.32 Å². The van der Waals surface area contributed by atoms with Gasteiger partial charge in [0.2, 0.25) is 0 Å². The number of aliphatic hydroxyl groups excluding tert-OH is 1. The highest BCUT2D eigenvalue weighted by Crippen LogP contribution is 2.46. The molecule has 0 aromatic carbocycles. The fourth-order valence-electron chi connectivity index (χ4n) is 5.52. The molecule has 0 aliphatic carbocycles. The van der Waals surface area contributed by atoms with Crippen LogP contribution in [0.3, 0.4) is 0 Å². The molecule has 1 unspecified atom stereocenters. The van der Waals surface area contributed by atoms with Crippen LogP contribution in [0.5, 0.6) is 0 Å². The lowest BCUT2D eigenvalue weighted by Gasteiger charge is -2.47. The van der Waals surface area contributed by atoms with Gasteiger partial charge in [-0.2, -0.15) is 0 Å². The molecule has 10 heteroatoms. The summed E-state index contributed by atoms with van der Waals surface area (Å²) in [5.74, 6) is 0. The fourth-order valence-corrected chi connectivity index (χ4v) is 6.70. The summed E-state index contributed by atoms with van der Waals surface area (Å²) >= 11 is 1.98. The van der Waals surface area contributed by atoms with Crippen LogP contribution in [0.15, 0.2) is 12.3 Å².